The van der Waals surface area contributed by atoms with E-state index in [0.717, 1.165) is 5.56 Å². The van der Waals surface area contributed by atoms with Crippen molar-refractivity contribution in [2.45, 2.75) is 55.3 Å². The topological polar surface area (TPSA) is 174 Å². The van der Waals surface area contributed by atoms with Crippen LogP contribution < -0.4 is 9.47 Å². The third-order valence-corrected chi connectivity index (χ3v) is 7.21. The van der Waals surface area contributed by atoms with Crippen LogP contribution in [0.4, 0.5) is 0 Å². The summed E-state index contributed by atoms with van der Waals surface area (Å²) in [4.78, 5) is 12.3. The van der Waals surface area contributed by atoms with Gasteiger partial charge in [0.25, 0.3) is 0 Å². The molecule has 0 spiro atoms. The van der Waals surface area contributed by atoms with E-state index in [4.69, 9.17) is 28.4 Å². The number of carbonyl (C=O) groups excluding carboxylic acids is 1. The van der Waals surface area contributed by atoms with Crippen molar-refractivity contribution in [2.75, 3.05) is 19.8 Å². The van der Waals surface area contributed by atoms with Gasteiger partial charge in [-0.1, -0.05) is 48.5 Å². The summed E-state index contributed by atoms with van der Waals surface area (Å²) in [5.74, 6) is 0.178. The molecule has 0 bridgehead atoms. The zero-order valence-corrected chi connectivity index (χ0v) is 23.0. The molecule has 2 aliphatic rings. The van der Waals surface area contributed by atoms with Crippen molar-refractivity contribution in [3.05, 3.63) is 96.1 Å². The van der Waals surface area contributed by atoms with Crippen LogP contribution in [0, 0.1) is 0 Å². The normalized spacial score (nSPS) is 30.5. The van der Waals surface area contributed by atoms with Crippen LogP contribution in [0.25, 0.3) is 0 Å². The van der Waals surface area contributed by atoms with Gasteiger partial charge in [-0.25, -0.2) is 4.79 Å². The highest BCUT2D eigenvalue weighted by molar-refractivity contribution is 5.89. The molecule has 0 amide bonds. The third kappa shape index (κ3) is 7.32. The van der Waals surface area contributed by atoms with Gasteiger partial charge in [0, 0.05) is 0 Å². The van der Waals surface area contributed by atoms with E-state index in [9.17, 15) is 30.3 Å². The van der Waals surface area contributed by atoms with Crippen LogP contribution in [0.2, 0.25) is 0 Å². The second-order valence-electron chi connectivity index (χ2n) is 10.3. The van der Waals surface area contributed by atoms with Crippen molar-refractivity contribution in [3.63, 3.8) is 0 Å². The number of ether oxygens (including phenoxy) is 6. The van der Waals surface area contributed by atoms with E-state index in [0.29, 0.717) is 18.1 Å². The Balaban J connectivity index is 1.19. The molecule has 0 aromatic heterocycles. The van der Waals surface area contributed by atoms with Crippen LogP contribution in [0.3, 0.4) is 0 Å². The molecule has 5 rings (SSSR count). The summed E-state index contributed by atoms with van der Waals surface area (Å²) < 4.78 is 33.4. The van der Waals surface area contributed by atoms with E-state index in [1.807, 2.05) is 30.3 Å². The molecule has 2 fully saturated rings. The minimum Gasteiger partial charge on any atom is -0.489 e. The Morgan fingerprint density at radius 1 is 0.860 bits per heavy atom. The summed E-state index contributed by atoms with van der Waals surface area (Å²) in [6.45, 7) is -1.32. The maximum atomic E-state index is 12.3. The molecule has 0 saturated carbocycles. The third-order valence-electron chi connectivity index (χ3n) is 7.21. The van der Waals surface area contributed by atoms with Gasteiger partial charge >= 0.3 is 5.97 Å². The zero-order chi connectivity index (χ0) is 30.4. The molecule has 0 unspecified atom stereocenters. The molecule has 12 nitrogen and oxygen atoms in total. The van der Waals surface area contributed by atoms with E-state index >= 15 is 0 Å². The van der Waals surface area contributed by atoms with Crippen LogP contribution in [-0.2, 0) is 25.6 Å². The van der Waals surface area contributed by atoms with Crippen LogP contribution >= 0.6 is 0 Å². The molecular formula is C31H34O12. The SMILES string of the molecule is O=C(OC[C@@]1(O)CO[C@@H](O[C@@H]2[C@@H](O)[C@H](Oc3ccc(OCc4ccccc4)cc3)O[C@H](CO)[C@H]2O)[C@@H]1O)c1ccccc1. The van der Waals surface area contributed by atoms with E-state index in [2.05, 4.69) is 0 Å². The summed E-state index contributed by atoms with van der Waals surface area (Å²) in [6.07, 6.45) is -10.4. The first-order valence-electron chi connectivity index (χ1n) is 13.7. The Kier molecular flexibility index (Phi) is 9.90. The molecule has 2 aliphatic heterocycles. The molecule has 0 radical (unpaired) electrons. The molecule has 2 saturated heterocycles. The lowest BCUT2D eigenvalue weighted by molar-refractivity contribution is -0.313. The van der Waals surface area contributed by atoms with Crippen LogP contribution in [0.5, 0.6) is 11.5 Å². The van der Waals surface area contributed by atoms with E-state index in [1.165, 1.54) is 12.1 Å². The lowest BCUT2D eigenvalue weighted by Crippen LogP contribution is -2.62. The second-order valence-corrected chi connectivity index (χ2v) is 10.3. The van der Waals surface area contributed by atoms with Gasteiger partial charge in [-0.3, -0.25) is 0 Å². The fraction of sp³-hybridized carbons (Fsp3) is 0.387. The number of hydrogen-bond acceptors (Lipinski definition) is 12. The van der Waals surface area contributed by atoms with Gasteiger partial charge in [-0.15, -0.1) is 0 Å². The largest absolute Gasteiger partial charge is 0.489 e. The average molecular weight is 599 g/mol. The fourth-order valence-corrected chi connectivity index (χ4v) is 4.70. The number of hydrogen-bond donors (Lipinski definition) is 5. The first kappa shape index (κ1) is 30.9. The van der Waals surface area contributed by atoms with E-state index in [-0.39, 0.29) is 5.56 Å². The lowest BCUT2D eigenvalue weighted by Gasteiger charge is -2.42. The standard InChI is InChI=1S/C31H34O12/c32-15-23-24(33)26(43-30-27(35)31(37,18-40-30)17-39-28(36)20-9-5-2-6-10-20)25(34)29(42-23)41-22-13-11-21(12-14-22)38-16-19-7-3-1-4-8-19/h1-14,23-27,29-30,32-35,37H,15-18H2/t23-,24-,25-,26+,27+,29-,30+,31-/m1/s1. The maximum Gasteiger partial charge on any atom is 0.338 e. The van der Waals surface area contributed by atoms with Crippen molar-refractivity contribution in [1.29, 1.82) is 0 Å². The van der Waals surface area contributed by atoms with Crippen LogP contribution in [-0.4, -0.2) is 100 Å². The molecule has 8 atom stereocenters. The molecule has 2 heterocycles. The smallest absolute Gasteiger partial charge is 0.338 e. The second kappa shape index (κ2) is 13.8. The molecule has 12 heteroatoms. The van der Waals surface area contributed by atoms with Gasteiger partial charge in [0.2, 0.25) is 6.29 Å². The molecule has 5 N–H and O–H groups in total. The molecule has 3 aromatic rings. The Morgan fingerprint density at radius 2 is 1.51 bits per heavy atom. The Morgan fingerprint density at radius 3 is 2.19 bits per heavy atom. The van der Waals surface area contributed by atoms with Crippen molar-refractivity contribution >= 4 is 5.97 Å². The van der Waals surface area contributed by atoms with Crippen molar-refractivity contribution < 1.29 is 58.7 Å². The maximum absolute atomic E-state index is 12.3. The summed E-state index contributed by atoms with van der Waals surface area (Å²) in [5, 5.41) is 53.2. The van der Waals surface area contributed by atoms with E-state index in [1.54, 1.807) is 42.5 Å². The van der Waals surface area contributed by atoms with Gasteiger partial charge in [0.05, 0.1) is 18.8 Å². The Bertz CT molecular complexity index is 1310. The minimum absolute atomic E-state index is 0.260. The molecule has 230 valence electrons. The van der Waals surface area contributed by atoms with Crippen molar-refractivity contribution in [1.82, 2.24) is 0 Å². The molecule has 3 aromatic carbocycles. The van der Waals surface area contributed by atoms with Gasteiger partial charge in [0.1, 0.15) is 55.2 Å². The zero-order valence-electron chi connectivity index (χ0n) is 23.0. The fourth-order valence-electron chi connectivity index (χ4n) is 4.70. The predicted molar refractivity (Wildman–Crippen MR) is 148 cm³/mol. The molecule has 43 heavy (non-hydrogen) atoms. The molecule has 0 aliphatic carbocycles. The number of aliphatic hydroxyl groups is 5. The van der Waals surface area contributed by atoms with Crippen molar-refractivity contribution in [2.24, 2.45) is 0 Å². The highest BCUT2D eigenvalue weighted by atomic mass is 16.7. The number of rotatable bonds is 11. The Hall–Kier alpha value is -3.59. The quantitative estimate of drug-likeness (QED) is 0.197. The first-order valence-corrected chi connectivity index (χ1v) is 13.7. The van der Waals surface area contributed by atoms with E-state index < -0.39 is 74.5 Å². The Labute approximate surface area is 247 Å². The van der Waals surface area contributed by atoms with Crippen LogP contribution in [0.1, 0.15) is 15.9 Å². The number of aliphatic hydroxyl groups excluding tert-OH is 4. The minimum atomic E-state index is -2.02. The summed E-state index contributed by atoms with van der Waals surface area (Å²) in [6, 6.07) is 24.3. The highest BCUT2D eigenvalue weighted by Gasteiger charge is 2.54. The van der Waals surface area contributed by atoms with Gasteiger partial charge in [0.15, 0.2) is 11.9 Å². The van der Waals surface area contributed by atoms with Crippen molar-refractivity contribution in [3.8, 4) is 11.5 Å². The van der Waals surface area contributed by atoms with Gasteiger partial charge < -0.3 is 54.0 Å². The number of benzene rings is 3. The lowest BCUT2D eigenvalue weighted by atomic mass is 9.98. The number of carbonyl (C=O) groups is 1. The average Bonchev–Trinajstić information content (AvgIpc) is 3.32. The monoisotopic (exact) mass is 598 g/mol. The summed E-state index contributed by atoms with van der Waals surface area (Å²) in [7, 11) is 0. The highest BCUT2D eigenvalue weighted by Crippen LogP contribution is 2.32. The first-order chi connectivity index (χ1) is 20.8. The summed E-state index contributed by atoms with van der Waals surface area (Å²) >= 11 is 0. The number of esters is 1. The summed E-state index contributed by atoms with van der Waals surface area (Å²) in [5.41, 5.74) is -0.757. The molecular weight excluding hydrogens is 564 g/mol. The predicted octanol–water partition coefficient (Wildman–Crippen LogP) is 0.774. The van der Waals surface area contributed by atoms with Crippen LogP contribution in [0.15, 0.2) is 84.9 Å². The van der Waals surface area contributed by atoms with Gasteiger partial charge in [-0.05, 0) is 42.0 Å². The van der Waals surface area contributed by atoms with Gasteiger partial charge in [-0.2, -0.15) is 0 Å².